The summed E-state index contributed by atoms with van der Waals surface area (Å²) in [5, 5.41) is 0. The molecule has 6 heteroatoms. The van der Waals surface area contributed by atoms with Crippen molar-refractivity contribution in [3.05, 3.63) is 29.3 Å². The quantitative estimate of drug-likeness (QED) is 0.899. The highest BCUT2D eigenvalue weighted by Gasteiger charge is 2.30. The van der Waals surface area contributed by atoms with E-state index in [9.17, 15) is 8.42 Å². The average Bonchev–Trinajstić information content (AvgIpc) is 2.46. The molecule has 1 aromatic rings. The number of piperazine rings is 1. The van der Waals surface area contributed by atoms with Crippen LogP contribution in [0.4, 0.5) is 0 Å². The summed E-state index contributed by atoms with van der Waals surface area (Å²) in [6.07, 6.45) is 0. The molecule has 1 aromatic carbocycles. The van der Waals surface area contributed by atoms with Gasteiger partial charge in [0.1, 0.15) is 0 Å². The lowest BCUT2D eigenvalue weighted by atomic mass is 10.2. The Bertz CT molecular complexity index is 593. The van der Waals surface area contributed by atoms with Gasteiger partial charge in [0.05, 0.1) is 4.90 Å². The van der Waals surface area contributed by atoms with Crippen molar-refractivity contribution >= 4 is 10.0 Å². The van der Waals surface area contributed by atoms with Gasteiger partial charge in [0.25, 0.3) is 0 Å². The number of aryl methyl sites for hydroxylation is 2. The summed E-state index contributed by atoms with van der Waals surface area (Å²) in [6, 6.07) is 5.79. The van der Waals surface area contributed by atoms with E-state index in [4.69, 9.17) is 5.73 Å². The molecule has 1 aliphatic heterocycles. The summed E-state index contributed by atoms with van der Waals surface area (Å²) in [7, 11) is -3.39. The molecule has 1 unspecified atom stereocenters. The van der Waals surface area contributed by atoms with Crippen LogP contribution in [0.3, 0.4) is 0 Å². The first-order valence-corrected chi connectivity index (χ1v) is 8.82. The lowest BCUT2D eigenvalue weighted by molar-refractivity contribution is 0.149. The second kappa shape index (κ2) is 6.44. The third-order valence-corrected chi connectivity index (χ3v) is 6.24. The van der Waals surface area contributed by atoms with Gasteiger partial charge >= 0.3 is 0 Å². The van der Waals surface area contributed by atoms with E-state index < -0.39 is 10.0 Å². The number of hydrogen-bond donors (Lipinski definition) is 1. The summed E-state index contributed by atoms with van der Waals surface area (Å²) in [6.45, 7) is 9.03. The smallest absolute Gasteiger partial charge is 0.243 e. The van der Waals surface area contributed by atoms with Crippen LogP contribution in [0.1, 0.15) is 18.1 Å². The van der Waals surface area contributed by atoms with E-state index in [-0.39, 0.29) is 0 Å². The van der Waals surface area contributed by atoms with Crippen LogP contribution in [0.5, 0.6) is 0 Å². The van der Waals surface area contributed by atoms with Gasteiger partial charge in [0.15, 0.2) is 0 Å². The van der Waals surface area contributed by atoms with Gasteiger partial charge < -0.3 is 5.73 Å². The number of sulfonamides is 1. The Balaban J connectivity index is 2.15. The van der Waals surface area contributed by atoms with Crippen molar-refractivity contribution in [1.82, 2.24) is 9.21 Å². The fraction of sp³-hybridized carbons (Fsp3) is 0.600. The predicted octanol–water partition coefficient (Wildman–Crippen LogP) is 0.957. The summed E-state index contributed by atoms with van der Waals surface area (Å²) < 4.78 is 27.1. The third kappa shape index (κ3) is 3.45. The lowest BCUT2D eigenvalue weighted by Gasteiger charge is -2.37. The highest BCUT2D eigenvalue weighted by atomic mass is 32.2. The molecule has 1 fully saturated rings. The molecule has 118 valence electrons. The molecule has 2 rings (SSSR count). The molecule has 21 heavy (non-hydrogen) atoms. The van der Waals surface area contributed by atoms with Crippen molar-refractivity contribution in [2.75, 3.05) is 32.7 Å². The summed E-state index contributed by atoms with van der Waals surface area (Å²) in [5.74, 6) is 0. The average molecular weight is 311 g/mol. The van der Waals surface area contributed by atoms with Crippen molar-refractivity contribution in [1.29, 1.82) is 0 Å². The van der Waals surface area contributed by atoms with Gasteiger partial charge in [-0.25, -0.2) is 8.42 Å². The first-order valence-electron chi connectivity index (χ1n) is 7.38. The molecule has 2 N–H and O–H groups in total. The largest absolute Gasteiger partial charge is 0.329 e. The molecular formula is C15H25N3O2S. The number of hydrogen-bond acceptors (Lipinski definition) is 4. The molecule has 0 saturated carbocycles. The second-order valence-electron chi connectivity index (χ2n) is 5.79. The Labute approximate surface area is 127 Å². The third-order valence-electron chi connectivity index (χ3n) is 4.19. The van der Waals surface area contributed by atoms with Crippen molar-refractivity contribution in [2.24, 2.45) is 5.73 Å². The number of rotatable bonds is 4. The van der Waals surface area contributed by atoms with E-state index in [1.807, 2.05) is 26.0 Å². The van der Waals surface area contributed by atoms with Gasteiger partial charge in [-0.2, -0.15) is 4.31 Å². The maximum absolute atomic E-state index is 12.7. The normalized spacial score (nSPS) is 19.6. The Morgan fingerprint density at radius 2 is 1.81 bits per heavy atom. The number of nitrogens with two attached hydrogens (primary N) is 1. The molecule has 0 amide bonds. The Hall–Kier alpha value is -0.950. The highest BCUT2D eigenvalue weighted by molar-refractivity contribution is 7.89. The van der Waals surface area contributed by atoms with Gasteiger partial charge in [-0.3, -0.25) is 4.90 Å². The van der Waals surface area contributed by atoms with E-state index in [1.165, 1.54) is 0 Å². The highest BCUT2D eigenvalue weighted by Crippen LogP contribution is 2.22. The van der Waals surface area contributed by atoms with E-state index in [2.05, 4.69) is 11.8 Å². The molecule has 1 heterocycles. The number of nitrogens with zero attached hydrogens (tertiary/aromatic N) is 2. The van der Waals surface area contributed by atoms with Crippen LogP contribution < -0.4 is 5.73 Å². The SMILES string of the molecule is Cc1ccc(S(=O)(=O)N2CCN(C(C)CN)CC2)c(C)c1. The van der Waals surface area contributed by atoms with Gasteiger partial charge in [-0.1, -0.05) is 17.7 Å². The van der Waals surface area contributed by atoms with Crippen LogP contribution in [-0.2, 0) is 10.0 Å². The zero-order valence-corrected chi connectivity index (χ0v) is 13.9. The van der Waals surface area contributed by atoms with Crippen LogP contribution in [-0.4, -0.2) is 56.4 Å². The maximum atomic E-state index is 12.7. The van der Waals surface area contributed by atoms with Gasteiger partial charge in [0.2, 0.25) is 10.0 Å². The van der Waals surface area contributed by atoms with Crippen LogP contribution in [0.2, 0.25) is 0 Å². The molecule has 0 spiro atoms. The molecule has 0 radical (unpaired) electrons. The number of benzene rings is 1. The van der Waals surface area contributed by atoms with Crippen LogP contribution in [0.25, 0.3) is 0 Å². The van der Waals surface area contributed by atoms with Gasteiger partial charge in [0, 0.05) is 38.8 Å². The summed E-state index contributed by atoms with van der Waals surface area (Å²) in [5.41, 5.74) is 7.56. The molecule has 1 atom stereocenters. The van der Waals surface area contributed by atoms with E-state index in [1.54, 1.807) is 10.4 Å². The molecule has 5 nitrogen and oxygen atoms in total. The first-order chi connectivity index (χ1) is 9.86. The van der Waals surface area contributed by atoms with Crippen LogP contribution in [0.15, 0.2) is 23.1 Å². The Morgan fingerprint density at radius 3 is 2.33 bits per heavy atom. The maximum Gasteiger partial charge on any atom is 0.243 e. The molecule has 1 saturated heterocycles. The molecule has 0 aliphatic carbocycles. The first kappa shape index (κ1) is 16.4. The second-order valence-corrected chi connectivity index (χ2v) is 7.70. The van der Waals surface area contributed by atoms with Gasteiger partial charge in [-0.15, -0.1) is 0 Å². The minimum Gasteiger partial charge on any atom is -0.329 e. The zero-order valence-electron chi connectivity index (χ0n) is 13.0. The van der Waals surface area contributed by atoms with Crippen LogP contribution >= 0.6 is 0 Å². The van der Waals surface area contributed by atoms with Crippen molar-refractivity contribution < 1.29 is 8.42 Å². The lowest BCUT2D eigenvalue weighted by Crippen LogP contribution is -2.52. The van der Waals surface area contributed by atoms with E-state index in [0.29, 0.717) is 30.6 Å². The molecule has 0 bridgehead atoms. The van der Waals surface area contributed by atoms with Crippen molar-refractivity contribution in [3.63, 3.8) is 0 Å². The monoisotopic (exact) mass is 311 g/mol. The topological polar surface area (TPSA) is 66.6 Å². The fourth-order valence-electron chi connectivity index (χ4n) is 2.76. The van der Waals surface area contributed by atoms with Gasteiger partial charge in [-0.05, 0) is 32.4 Å². The summed E-state index contributed by atoms with van der Waals surface area (Å²) in [4.78, 5) is 2.67. The Kier molecular flexibility index (Phi) is 5.03. The predicted molar refractivity (Wildman–Crippen MR) is 84.8 cm³/mol. The zero-order chi connectivity index (χ0) is 15.6. The Morgan fingerprint density at radius 1 is 1.19 bits per heavy atom. The van der Waals surface area contributed by atoms with E-state index in [0.717, 1.165) is 24.2 Å². The standard InChI is InChI=1S/C15H25N3O2S/c1-12-4-5-15(13(2)10-12)21(19,20)18-8-6-17(7-9-18)14(3)11-16/h4-5,10,14H,6-9,11,16H2,1-3H3. The molecule has 0 aromatic heterocycles. The minimum atomic E-state index is -3.39. The molecular weight excluding hydrogens is 286 g/mol. The van der Waals surface area contributed by atoms with Crippen molar-refractivity contribution in [2.45, 2.75) is 31.7 Å². The van der Waals surface area contributed by atoms with Crippen molar-refractivity contribution in [3.8, 4) is 0 Å². The minimum absolute atomic E-state index is 0.302. The van der Waals surface area contributed by atoms with E-state index >= 15 is 0 Å². The van der Waals surface area contributed by atoms with Crippen LogP contribution in [0, 0.1) is 13.8 Å². The summed E-state index contributed by atoms with van der Waals surface area (Å²) >= 11 is 0. The fourth-order valence-corrected chi connectivity index (χ4v) is 4.39. The molecule has 1 aliphatic rings.